The molecule has 1 heterocycles. The summed E-state index contributed by atoms with van der Waals surface area (Å²) in [6.07, 6.45) is 1.57. The van der Waals surface area contributed by atoms with E-state index in [1.807, 2.05) is 0 Å². The summed E-state index contributed by atoms with van der Waals surface area (Å²) in [4.78, 5) is 6.78. The van der Waals surface area contributed by atoms with E-state index < -0.39 is 0 Å². The van der Waals surface area contributed by atoms with E-state index in [1.54, 1.807) is 0 Å². The summed E-state index contributed by atoms with van der Waals surface area (Å²) in [6.45, 7) is 6.46. The van der Waals surface area contributed by atoms with Gasteiger partial charge in [0.1, 0.15) is 0 Å². The normalized spacial score (nSPS) is 34.6. The number of aliphatic imine (C=N–C) groups is 1. The maximum atomic E-state index is 4.46. The van der Waals surface area contributed by atoms with Gasteiger partial charge in [-0.25, -0.2) is 0 Å². The largest absolute Gasteiger partial charge is 0.277 e. The topological polar surface area (TPSA) is 15.6 Å². The number of rotatable bonds is 1. The first kappa shape index (κ1) is 7.73. The third-order valence-corrected chi connectivity index (χ3v) is 2.34. The molecule has 2 nitrogen and oxygen atoms in total. The van der Waals surface area contributed by atoms with Crippen molar-refractivity contribution in [2.75, 3.05) is 7.05 Å². The van der Waals surface area contributed by atoms with Crippen molar-refractivity contribution in [3.8, 4) is 0 Å². The van der Waals surface area contributed by atoms with Gasteiger partial charge in [0.2, 0.25) is 0 Å². The van der Waals surface area contributed by atoms with E-state index in [0.717, 1.165) is 0 Å². The minimum Gasteiger partial charge on any atom is -0.277 e. The lowest BCUT2D eigenvalue weighted by molar-refractivity contribution is 0.255. The smallest absolute Gasteiger partial charge is 0.0993 e. The summed E-state index contributed by atoms with van der Waals surface area (Å²) in [7, 11) is 2.14. The van der Waals surface area contributed by atoms with E-state index >= 15 is 0 Å². The Morgan fingerprint density at radius 3 is 2.40 bits per heavy atom. The molecule has 0 aromatic heterocycles. The highest BCUT2D eigenvalue weighted by Gasteiger charge is 2.25. The lowest BCUT2D eigenvalue weighted by atomic mass is 10.1. The lowest BCUT2D eigenvalue weighted by Crippen LogP contribution is -2.34. The maximum Gasteiger partial charge on any atom is 0.0993 e. The van der Waals surface area contributed by atoms with Gasteiger partial charge in [0.15, 0.2) is 0 Å². The summed E-state index contributed by atoms with van der Waals surface area (Å²) in [5, 5.41) is 0. The third-order valence-electron chi connectivity index (χ3n) is 2.34. The molecule has 0 amide bonds. The molecule has 0 aromatic rings. The molecule has 0 aliphatic carbocycles. The number of nitrogens with zero attached hydrogens (tertiary/aromatic N) is 2. The zero-order chi connectivity index (χ0) is 7.72. The molecule has 0 N–H and O–H groups in total. The van der Waals surface area contributed by atoms with Gasteiger partial charge in [0.05, 0.1) is 6.17 Å². The van der Waals surface area contributed by atoms with Crippen LogP contribution < -0.4 is 0 Å². The van der Waals surface area contributed by atoms with Crippen molar-refractivity contribution in [3.05, 3.63) is 0 Å². The van der Waals surface area contributed by atoms with E-state index in [-0.39, 0.29) is 0 Å². The van der Waals surface area contributed by atoms with Crippen LogP contribution >= 0.6 is 0 Å². The predicted octanol–water partition coefficient (Wildman–Crippen LogP) is 1.52. The van der Waals surface area contributed by atoms with E-state index in [2.05, 4.69) is 37.7 Å². The fraction of sp³-hybridized carbons (Fsp3) is 0.875. The average molecular weight is 140 g/mol. The van der Waals surface area contributed by atoms with Crippen LogP contribution in [0.5, 0.6) is 0 Å². The molecular weight excluding hydrogens is 124 g/mol. The summed E-state index contributed by atoms with van der Waals surface area (Å²) < 4.78 is 0. The lowest BCUT2D eigenvalue weighted by Gasteiger charge is -2.21. The Hall–Kier alpha value is -0.370. The summed E-state index contributed by atoms with van der Waals surface area (Å²) >= 11 is 0. The van der Waals surface area contributed by atoms with Gasteiger partial charge >= 0.3 is 0 Å². The van der Waals surface area contributed by atoms with Crippen molar-refractivity contribution < 1.29 is 0 Å². The second-order valence-electron chi connectivity index (χ2n) is 2.99. The Bertz CT molecular complexity index is 151. The molecule has 0 spiro atoms. The van der Waals surface area contributed by atoms with Crippen molar-refractivity contribution in [3.63, 3.8) is 0 Å². The van der Waals surface area contributed by atoms with Crippen LogP contribution in [0, 0.1) is 0 Å². The minimum atomic E-state index is 0.393. The molecule has 1 rings (SSSR count). The minimum absolute atomic E-state index is 0.393. The van der Waals surface area contributed by atoms with Gasteiger partial charge in [0.25, 0.3) is 0 Å². The molecule has 2 heteroatoms. The van der Waals surface area contributed by atoms with Gasteiger partial charge in [-0.1, -0.05) is 6.92 Å². The quantitative estimate of drug-likeness (QED) is 0.539. The average Bonchev–Trinajstić information content (AvgIpc) is 2.09. The first-order valence-corrected chi connectivity index (χ1v) is 3.93. The van der Waals surface area contributed by atoms with E-state index in [0.29, 0.717) is 12.2 Å². The Morgan fingerprint density at radius 1 is 1.60 bits per heavy atom. The second kappa shape index (κ2) is 2.70. The fourth-order valence-corrected chi connectivity index (χ4v) is 1.61. The summed E-state index contributed by atoms with van der Waals surface area (Å²) in [6, 6.07) is 0.593. The first-order valence-electron chi connectivity index (χ1n) is 3.93. The molecule has 10 heavy (non-hydrogen) atoms. The Morgan fingerprint density at radius 2 is 2.20 bits per heavy atom. The van der Waals surface area contributed by atoms with E-state index in [4.69, 9.17) is 0 Å². The monoisotopic (exact) mass is 140 g/mol. The van der Waals surface area contributed by atoms with Crippen LogP contribution in [0.3, 0.4) is 0 Å². The molecule has 0 aromatic carbocycles. The maximum absolute atomic E-state index is 4.46. The SMILES string of the molecule is CCC1C(C)=N[C@H](C)N1C. The molecule has 2 atom stereocenters. The van der Waals surface area contributed by atoms with Crippen LogP contribution in [0.25, 0.3) is 0 Å². The molecule has 0 radical (unpaired) electrons. The van der Waals surface area contributed by atoms with Gasteiger partial charge in [0, 0.05) is 11.8 Å². The number of hydrogen-bond acceptors (Lipinski definition) is 2. The molecule has 0 saturated carbocycles. The second-order valence-corrected chi connectivity index (χ2v) is 2.99. The fourth-order valence-electron chi connectivity index (χ4n) is 1.61. The molecule has 1 aliphatic heterocycles. The zero-order valence-corrected chi connectivity index (χ0v) is 7.26. The first-order chi connectivity index (χ1) is 4.66. The molecule has 1 aliphatic rings. The van der Waals surface area contributed by atoms with Crippen LogP contribution in [0.2, 0.25) is 0 Å². The van der Waals surface area contributed by atoms with Crippen LogP contribution in [-0.4, -0.2) is 29.9 Å². The highest BCUT2D eigenvalue weighted by Crippen LogP contribution is 2.16. The molecule has 0 bridgehead atoms. The van der Waals surface area contributed by atoms with Crippen molar-refractivity contribution in [1.29, 1.82) is 0 Å². The Labute approximate surface area is 62.9 Å². The van der Waals surface area contributed by atoms with Crippen molar-refractivity contribution in [2.24, 2.45) is 4.99 Å². The van der Waals surface area contributed by atoms with Gasteiger partial charge in [-0.3, -0.25) is 9.89 Å². The van der Waals surface area contributed by atoms with Gasteiger partial charge in [-0.15, -0.1) is 0 Å². The highest BCUT2D eigenvalue weighted by molar-refractivity contribution is 5.88. The van der Waals surface area contributed by atoms with Crippen molar-refractivity contribution >= 4 is 5.71 Å². The molecule has 1 unspecified atom stereocenters. The van der Waals surface area contributed by atoms with E-state index in [9.17, 15) is 0 Å². The van der Waals surface area contributed by atoms with Crippen LogP contribution in [0.4, 0.5) is 0 Å². The van der Waals surface area contributed by atoms with E-state index in [1.165, 1.54) is 12.1 Å². The zero-order valence-electron chi connectivity index (χ0n) is 7.26. The molecule has 58 valence electrons. The molecule has 0 saturated heterocycles. The van der Waals surface area contributed by atoms with Crippen LogP contribution in [0.15, 0.2) is 4.99 Å². The third kappa shape index (κ3) is 1.08. The van der Waals surface area contributed by atoms with Gasteiger partial charge in [-0.2, -0.15) is 0 Å². The molecule has 0 fully saturated rings. The van der Waals surface area contributed by atoms with Crippen molar-refractivity contribution in [1.82, 2.24) is 4.90 Å². The van der Waals surface area contributed by atoms with Crippen LogP contribution in [0.1, 0.15) is 27.2 Å². The van der Waals surface area contributed by atoms with Gasteiger partial charge in [-0.05, 0) is 27.3 Å². The van der Waals surface area contributed by atoms with Crippen molar-refractivity contribution in [2.45, 2.75) is 39.4 Å². The number of hydrogen-bond donors (Lipinski definition) is 0. The predicted molar refractivity (Wildman–Crippen MR) is 44.4 cm³/mol. The summed E-state index contributed by atoms with van der Waals surface area (Å²) in [5.41, 5.74) is 1.29. The molecular formula is C8H16N2. The Kier molecular flexibility index (Phi) is 2.09. The Balaban J connectivity index is 2.68. The van der Waals surface area contributed by atoms with Gasteiger partial charge < -0.3 is 0 Å². The van der Waals surface area contributed by atoms with Crippen LogP contribution in [-0.2, 0) is 0 Å². The standard InChI is InChI=1S/C8H16N2/c1-5-8-6(2)9-7(3)10(8)4/h7-8H,5H2,1-4H3/t7-,8?/m0/s1. The summed E-state index contributed by atoms with van der Waals surface area (Å²) in [5.74, 6) is 0. The highest BCUT2D eigenvalue weighted by atomic mass is 15.3.